The number of thiazole rings is 1. The molecule has 0 amide bonds. The normalized spacial score (nSPS) is 11.8. The van der Waals surface area contributed by atoms with Gasteiger partial charge in [0.15, 0.2) is 5.82 Å². The zero-order valence-corrected chi connectivity index (χ0v) is 14.6. The Morgan fingerprint density at radius 3 is 2.81 bits per heavy atom. The second kappa shape index (κ2) is 6.17. The van der Waals surface area contributed by atoms with Gasteiger partial charge in [-0.15, -0.1) is 11.3 Å². The predicted molar refractivity (Wildman–Crippen MR) is 84.4 cm³/mol. The molecule has 0 spiro atoms. The van der Waals surface area contributed by atoms with Crippen molar-refractivity contribution < 1.29 is 12.8 Å². The van der Waals surface area contributed by atoms with Crippen LogP contribution in [0.5, 0.6) is 0 Å². The highest BCUT2D eigenvalue weighted by molar-refractivity contribution is 9.10. The van der Waals surface area contributed by atoms with E-state index in [1.165, 1.54) is 11.3 Å². The molecule has 114 valence electrons. The van der Waals surface area contributed by atoms with Gasteiger partial charge in [-0.25, -0.2) is 22.5 Å². The number of nitrogens with one attached hydrogen (secondary N) is 1. The topological polar surface area (TPSA) is 85.1 Å². The molecule has 1 aromatic carbocycles. The molecule has 21 heavy (non-hydrogen) atoms. The van der Waals surface area contributed by atoms with E-state index < -0.39 is 20.7 Å². The van der Waals surface area contributed by atoms with Crippen molar-refractivity contribution in [2.75, 3.05) is 5.73 Å². The summed E-state index contributed by atoms with van der Waals surface area (Å²) in [6, 6.07) is 1.01. The van der Waals surface area contributed by atoms with Crippen LogP contribution in [-0.2, 0) is 16.6 Å². The van der Waals surface area contributed by atoms with Gasteiger partial charge in [-0.1, -0.05) is 11.6 Å². The Morgan fingerprint density at radius 1 is 1.57 bits per heavy atom. The second-order valence-electron chi connectivity index (χ2n) is 4.09. The van der Waals surface area contributed by atoms with Crippen LogP contribution in [0.3, 0.4) is 0 Å². The van der Waals surface area contributed by atoms with Crippen LogP contribution in [0.15, 0.2) is 21.6 Å². The maximum Gasteiger partial charge on any atom is 0.244 e. The average Bonchev–Trinajstić information content (AvgIpc) is 2.84. The van der Waals surface area contributed by atoms with Gasteiger partial charge in [-0.3, -0.25) is 0 Å². The minimum Gasteiger partial charge on any atom is -0.395 e. The van der Waals surface area contributed by atoms with Crippen molar-refractivity contribution in [2.24, 2.45) is 0 Å². The maximum atomic E-state index is 14.0. The van der Waals surface area contributed by atoms with E-state index in [-0.39, 0.29) is 21.7 Å². The summed E-state index contributed by atoms with van der Waals surface area (Å²) in [4.78, 5) is 4.38. The molecule has 0 aliphatic carbocycles. The number of benzene rings is 1. The summed E-state index contributed by atoms with van der Waals surface area (Å²) >= 11 is 10.2. The molecule has 2 aromatic rings. The lowest BCUT2D eigenvalue weighted by Crippen LogP contribution is -2.24. The Kier molecular flexibility index (Phi) is 4.89. The van der Waals surface area contributed by atoms with E-state index in [4.69, 9.17) is 17.3 Å². The molecule has 1 heterocycles. The van der Waals surface area contributed by atoms with Crippen molar-refractivity contribution in [3.05, 3.63) is 37.5 Å². The number of aromatic nitrogens is 1. The van der Waals surface area contributed by atoms with Crippen molar-refractivity contribution in [3.8, 4) is 0 Å². The molecule has 0 fully saturated rings. The van der Waals surface area contributed by atoms with Crippen molar-refractivity contribution in [1.29, 1.82) is 0 Å². The average molecular weight is 415 g/mol. The largest absolute Gasteiger partial charge is 0.395 e. The second-order valence-corrected chi connectivity index (χ2v) is 8.34. The van der Waals surface area contributed by atoms with Gasteiger partial charge >= 0.3 is 0 Å². The standard InChI is InChI=1S/C11H10BrClFN3O2S2/c1-5-3-16-8(20-5)4-17-21(18,19)7-2-6(13)9(12)11(15)10(7)14/h2-3,17H,4,15H2,1H3. The molecule has 5 nitrogen and oxygen atoms in total. The van der Waals surface area contributed by atoms with E-state index in [0.717, 1.165) is 10.9 Å². The van der Waals surface area contributed by atoms with E-state index >= 15 is 0 Å². The summed E-state index contributed by atoms with van der Waals surface area (Å²) in [5.41, 5.74) is 5.13. The minimum absolute atomic E-state index is 0.0133. The molecule has 2 rings (SSSR count). The number of rotatable bonds is 4. The van der Waals surface area contributed by atoms with E-state index in [1.54, 1.807) is 6.20 Å². The Bertz CT molecular complexity index is 795. The number of halogens is 3. The van der Waals surface area contributed by atoms with Gasteiger partial charge in [-0.05, 0) is 28.9 Å². The van der Waals surface area contributed by atoms with Gasteiger partial charge in [0.1, 0.15) is 9.90 Å². The molecule has 0 saturated carbocycles. The van der Waals surface area contributed by atoms with Crippen molar-refractivity contribution in [3.63, 3.8) is 0 Å². The first-order valence-electron chi connectivity index (χ1n) is 5.56. The molecular weight excluding hydrogens is 405 g/mol. The van der Waals surface area contributed by atoms with Crippen molar-refractivity contribution >= 4 is 54.6 Å². The molecule has 0 atom stereocenters. The summed E-state index contributed by atoms with van der Waals surface area (Å²) in [5.74, 6) is -1.05. The molecule has 3 N–H and O–H groups in total. The molecule has 0 unspecified atom stereocenters. The predicted octanol–water partition coefficient (Wildman–Crippen LogP) is 3.07. The Morgan fingerprint density at radius 2 is 2.24 bits per heavy atom. The van der Waals surface area contributed by atoms with Crippen LogP contribution in [-0.4, -0.2) is 13.4 Å². The Hall–Kier alpha value is -0.740. The Labute approximate surface area is 138 Å². The highest BCUT2D eigenvalue weighted by atomic mass is 79.9. The lowest BCUT2D eigenvalue weighted by molar-refractivity contribution is 0.558. The van der Waals surface area contributed by atoms with Gasteiger partial charge in [0.25, 0.3) is 0 Å². The summed E-state index contributed by atoms with van der Waals surface area (Å²) in [5, 5.41) is 0.590. The van der Waals surface area contributed by atoms with Gasteiger partial charge in [0.2, 0.25) is 10.0 Å². The Balaban J connectivity index is 2.32. The van der Waals surface area contributed by atoms with Crippen LogP contribution < -0.4 is 10.5 Å². The van der Waals surface area contributed by atoms with Gasteiger partial charge in [0, 0.05) is 11.1 Å². The molecule has 0 bridgehead atoms. The van der Waals surface area contributed by atoms with Gasteiger partial charge in [-0.2, -0.15) is 0 Å². The number of hydrogen-bond acceptors (Lipinski definition) is 5. The summed E-state index contributed by atoms with van der Waals surface area (Å²) in [7, 11) is -4.09. The fraction of sp³-hybridized carbons (Fsp3) is 0.182. The van der Waals surface area contributed by atoms with E-state index in [2.05, 4.69) is 25.6 Å². The van der Waals surface area contributed by atoms with E-state index in [1.807, 2.05) is 6.92 Å². The van der Waals surface area contributed by atoms with Crippen LogP contribution in [0.1, 0.15) is 9.88 Å². The fourth-order valence-electron chi connectivity index (χ4n) is 1.51. The number of nitrogens with zero attached hydrogens (tertiary/aromatic N) is 1. The molecular formula is C11H10BrClFN3O2S2. The highest BCUT2D eigenvalue weighted by Crippen LogP contribution is 2.34. The lowest BCUT2D eigenvalue weighted by Gasteiger charge is -2.10. The third kappa shape index (κ3) is 3.54. The SMILES string of the molecule is Cc1cnc(CNS(=O)(=O)c2cc(Cl)c(Br)c(N)c2F)s1. The summed E-state index contributed by atoms with van der Waals surface area (Å²) in [6.45, 7) is 1.82. The zero-order chi connectivity index (χ0) is 15.8. The van der Waals surface area contributed by atoms with E-state index in [0.29, 0.717) is 5.01 Å². The van der Waals surface area contributed by atoms with Crippen molar-refractivity contribution in [1.82, 2.24) is 9.71 Å². The third-order valence-corrected chi connectivity index (χ3v) is 6.22. The molecule has 0 saturated heterocycles. The monoisotopic (exact) mass is 413 g/mol. The number of sulfonamides is 1. The quantitative estimate of drug-likeness (QED) is 0.595. The third-order valence-electron chi connectivity index (χ3n) is 2.53. The van der Waals surface area contributed by atoms with Crippen LogP contribution in [0, 0.1) is 12.7 Å². The first kappa shape index (κ1) is 16.6. The van der Waals surface area contributed by atoms with Crippen LogP contribution in [0.2, 0.25) is 5.02 Å². The van der Waals surface area contributed by atoms with E-state index in [9.17, 15) is 12.8 Å². The number of aryl methyl sites for hydroxylation is 1. The molecule has 0 aliphatic rings. The van der Waals surface area contributed by atoms with Crippen molar-refractivity contribution in [2.45, 2.75) is 18.4 Å². The number of anilines is 1. The highest BCUT2D eigenvalue weighted by Gasteiger charge is 2.24. The summed E-state index contributed by atoms with van der Waals surface area (Å²) in [6.07, 6.45) is 1.63. The molecule has 10 heteroatoms. The summed E-state index contributed by atoms with van der Waals surface area (Å²) < 4.78 is 40.7. The van der Waals surface area contributed by atoms with Crippen LogP contribution >= 0.6 is 38.9 Å². The molecule has 1 aromatic heterocycles. The minimum atomic E-state index is -4.09. The van der Waals surface area contributed by atoms with Gasteiger partial charge in [0.05, 0.1) is 21.7 Å². The lowest BCUT2D eigenvalue weighted by atomic mass is 10.3. The zero-order valence-electron chi connectivity index (χ0n) is 10.7. The van der Waals surface area contributed by atoms with Crippen LogP contribution in [0.25, 0.3) is 0 Å². The molecule has 0 aliphatic heterocycles. The fourth-order valence-corrected chi connectivity index (χ4v) is 4.00. The number of nitrogens with two attached hydrogens (primary N) is 1. The first-order chi connectivity index (χ1) is 9.72. The maximum absolute atomic E-state index is 14.0. The van der Waals surface area contributed by atoms with Crippen LogP contribution in [0.4, 0.5) is 10.1 Å². The molecule has 0 radical (unpaired) electrons. The first-order valence-corrected chi connectivity index (χ1v) is 9.03. The number of nitrogen functional groups attached to an aromatic ring is 1. The smallest absolute Gasteiger partial charge is 0.244 e. The number of hydrogen-bond donors (Lipinski definition) is 2. The van der Waals surface area contributed by atoms with Gasteiger partial charge < -0.3 is 5.73 Å².